The monoisotopic (exact) mass is 272 g/mol. The third-order valence-electron chi connectivity index (χ3n) is 2.60. The Morgan fingerprint density at radius 3 is 2.16 bits per heavy atom. The van der Waals surface area contributed by atoms with Gasteiger partial charge in [0.2, 0.25) is 6.29 Å². The Kier molecular flexibility index (Phi) is 6.04. The van der Waals surface area contributed by atoms with E-state index in [1.807, 2.05) is 0 Å². The van der Waals surface area contributed by atoms with Gasteiger partial charge in [-0.1, -0.05) is 0 Å². The van der Waals surface area contributed by atoms with Crippen LogP contribution in [0.5, 0.6) is 11.5 Å². The third-order valence-corrected chi connectivity index (χ3v) is 2.60. The summed E-state index contributed by atoms with van der Waals surface area (Å²) in [7, 11) is 0. The lowest BCUT2D eigenvalue weighted by atomic mass is 10.2. The van der Waals surface area contributed by atoms with E-state index in [0.717, 1.165) is 0 Å². The third kappa shape index (κ3) is 5.04. The van der Waals surface area contributed by atoms with Gasteiger partial charge in [0.25, 0.3) is 0 Å². The van der Waals surface area contributed by atoms with Crippen LogP contribution in [0.4, 0.5) is 0 Å². The molecule has 0 heterocycles. The van der Waals surface area contributed by atoms with Crippen LogP contribution in [0.2, 0.25) is 0 Å². The van der Waals surface area contributed by atoms with E-state index in [9.17, 15) is 10.2 Å². The van der Waals surface area contributed by atoms with Crippen LogP contribution < -0.4 is 4.74 Å². The lowest BCUT2D eigenvalue weighted by Gasteiger charge is -2.26. The van der Waals surface area contributed by atoms with Crippen molar-refractivity contribution in [3.05, 3.63) is 24.3 Å². The minimum atomic E-state index is -1.25. The van der Waals surface area contributed by atoms with Gasteiger partial charge in [-0.3, -0.25) is 0 Å². The standard InChI is InChI=1S/C13H20O6/c1-8(15)12(7-14)18-9(2)13(17)19-11-5-3-10(16)4-6-11/h3-6,8-9,12-17H,7H2,1-2H3. The van der Waals surface area contributed by atoms with Gasteiger partial charge in [0.05, 0.1) is 12.7 Å². The highest BCUT2D eigenvalue weighted by Crippen LogP contribution is 2.18. The lowest BCUT2D eigenvalue weighted by molar-refractivity contribution is -0.168. The van der Waals surface area contributed by atoms with Crippen molar-refractivity contribution < 1.29 is 29.9 Å². The highest BCUT2D eigenvalue weighted by atomic mass is 16.6. The van der Waals surface area contributed by atoms with Crippen molar-refractivity contribution in [1.82, 2.24) is 0 Å². The Labute approximate surface area is 111 Å². The quantitative estimate of drug-likeness (QED) is 0.531. The van der Waals surface area contributed by atoms with E-state index in [0.29, 0.717) is 5.75 Å². The second kappa shape index (κ2) is 7.30. The molecule has 4 atom stereocenters. The summed E-state index contributed by atoms with van der Waals surface area (Å²) in [5, 5.41) is 37.2. The van der Waals surface area contributed by atoms with Crippen molar-refractivity contribution in [2.24, 2.45) is 0 Å². The predicted octanol–water partition coefficient (Wildman–Crippen LogP) is 0.236. The number of hydrogen-bond acceptors (Lipinski definition) is 6. The van der Waals surface area contributed by atoms with E-state index in [4.69, 9.17) is 19.7 Å². The van der Waals surface area contributed by atoms with E-state index >= 15 is 0 Å². The van der Waals surface area contributed by atoms with Crippen LogP contribution in [0.25, 0.3) is 0 Å². The average molecular weight is 272 g/mol. The summed E-state index contributed by atoms with van der Waals surface area (Å²) < 4.78 is 10.5. The number of rotatable bonds is 7. The first-order chi connectivity index (χ1) is 8.93. The molecule has 0 aliphatic rings. The molecule has 108 valence electrons. The lowest BCUT2D eigenvalue weighted by Crippen LogP contribution is -2.40. The Bertz CT molecular complexity index is 364. The highest BCUT2D eigenvalue weighted by Gasteiger charge is 2.23. The van der Waals surface area contributed by atoms with Gasteiger partial charge in [-0.25, -0.2) is 0 Å². The Morgan fingerprint density at radius 1 is 1.11 bits per heavy atom. The van der Waals surface area contributed by atoms with Gasteiger partial charge in [0, 0.05) is 0 Å². The summed E-state index contributed by atoms with van der Waals surface area (Å²) in [6, 6.07) is 5.87. The van der Waals surface area contributed by atoms with Gasteiger partial charge < -0.3 is 29.9 Å². The summed E-state index contributed by atoms with van der Waals surface area (Å²) in [6.45, 7) is 2.70. The summed E-state index contributed by atoms with van der Waals surface area (Å²) in [5.74, 6) is 0.471. The van der Waals surface area contributed by atoms with Crippen molar-refractivity contribution in [3.8, 4) is 11.5 Å². The van der Waals surface area contributed by atoms with Crippen LogP contribution in [0, 0.1) is 0 Å². The van der Waals surface area contributed by atoms with Crippen molar-refractivity contribution in [1.29, 1.82) is 0 Å². The second-order valence-corrected chi connectivity index (χ2v) is 4.31. The minimum Gasteiger partial charge on any atom is -0.508 e. The molecule has 1 rings (SSSR count). The van der Waals surface area contributed by atoms with Crippen LogP contribution in [-0.4, -0.2) is 51.6 Å². The van der Waals surface area contributed by atoms with Crippen molar-refractivity contribution in [2.45, 2.75) is 38.4 Å². The zero-order chi connectivity index (χ0) is 14.4. The number of phenolic OH excluding ortho intramolecular Hbond substituents is 1. The summed E-state index contributed by atoms with van der Waals surface area (Å²) in [6.07, 6.45) is -3.63. The van der Waals surface area contributed by atoms with Gasteiger partial charge >= 0.3 is 0 Å². The minimum absolute atomic E-state index is 0.0978. The van der Waals surface area contributed by atoms with E-state index in [1.54, 1.807) is 6.92 Å². The Morgan fingerprint density at radius 2 is 1.68 bits per heavy atom. The molecule has 0 fully saturated rings. The van der Waals surface area contributed by atoms with Crippen molar-refractivity contribution in [2.75, 3.05) is 6.61 Å². The summed E-state index contributed by atoms with van der Waals surface area (Å²) >= 11 is 0. The molecular formula is C13H20O6. The van der Waals surface area contributed by atoms with Gasteiger partial charge in [-0.2, -0.15) is 0 Å². The first-order valence-electron chi connectivity index (χ1n) is 6.02. The zero-order valence-electron chi connectivity index (χ0n) is 10.9. The topological polar surface area (TPSA) is 99.4 Å². The fraction of sp³-hybridized carbons (Fsp3) is 0.538. The highest BCUT2D eigenvalue weighted by molar-refractivity contribution is 5.30. The fourth-order valence-electron chi connectivity index (χ4n) is 1.41. The van der Waals surface area contributed by atoms with Gasteiger partial charge in [-0.05, 0) is 38.1 Å². The Balaban J connectivity index is 2.52. The molecule has 0 amide bonds. The molecule has 0 aliphatic carbocycles. The van der Waals surface area contributed by atoms with Gasteiger partial charge in [-0.15, -0.1) is 0 Å². The maximum atomic E-state index is 9.79. The first-order valence-corrected chi connectivity index (χ1v) is 6.02. The van der Waals surface area contributed by atoms with E-state index in [1.165, 1.54) is 31.2 Å². The maximum Gasteiger partial charge on any atom is 0.223 e. The maximum absolute atomic E-state index is 9.79. The van der Waals surface area contributed by atoms with E-state index in [2.05, 4.69) is 0 Å². The number of hydrogen-bond donors (Lipinski definition) is 4. The molecule has 0 radical (unpaired) electrons. The first kappa shape index (κ1) is 15.7. The van der Waals surface area contributed by atoms with Gasteiger partial charge in [0.1, 0.15) is 23.7 Å². The molecule has 0 saturated carbocycles. The van der Waals surface area contributed by atoms with Crippen LogP contribution in [0.1, 0.15) is 13.8 Å². The zero-order valence-corrected chi connectivity index (χ0v) is 10.9. The fourth-order valence-corrected chi connectivity index (χ4v) is 1.41. The average Bonchev–Trinajstić information content (AvgIpc) is 2.37. The molecule has 0 aliphatic heterocycles. The van der Waals surface area contributed by atoms with Crippen LogP contribution in [0.3, 0.4) is 0 Å². The summed E-state index contributed by atoms with van der Waals surface area (Å²) in [4.78, 5) is 0. The van der Waals surface area contributed by atoms with Crippen LogP contribution in [0.15, 0.2) is 24.3 Å². The Hall–Kier alpha value is -1.34. The molecule has 19 heavy (non-hydrogen) atoms. The number of aromatic hydroxyl groups is 1. The smallest absolute Gasteiger partial charge is 0.223 e. The second-order valence-electron chi connectivity index (χ2n) is 4.31. The molecular weight excluding hydrogens is 252 g/mol. The number of aliphatic hydroxyl groups is 3. The van der Waals surface area contributed by atoms with Gasteiger partial charge in [0.15, 0.2) is 0 Å². The number of ether oxygens (including phenoxy) is 2. The molecule has 0 saturated heterocycles. The summed E-state index contributed by atoms with van der Waals surface area (Å²) in [5.41, 5.74) is 0. The molecule has 1 aromatic carbocycles. The molecule has 0 bridgehead atoms. The predicted molar refractivity (Wildman–Crippen MR) is 67.8 cm³/mol. The molecule has 4 N–H and O–H groups in total. The number of phenols is 1. The molecule has 6 nitrogen and oxygen atoms in total. The SMILES string of the molecule is CC(O)C(CO)OC(C)C(O)Oc1ccc(O)cc1. The number of aliphatic hydroxyl groups excluding tert-OH is 3. The molecule has 0 spiro atoms. The van der Waals surface area contributed by atoms with Crippen molar-refractivity contribution in [3.63, 3.8) is 0 Å². The molecule has 1 aromatic rings. The molecule has 4 unspecified atom stereocenters. The van der Waals surface area contributed by atoms with E-state index < -0.39 is 24.6 Å². The van der Waals surface area contributed by atoms with Crippen molar-refractivity contribution >= 4 is 0 Å². The normalized spacial score (nSPS) is 17.5. The van der Waals surface area contributed by atoms with Crippen LogP contribution in [-0.2, 0) is 4.74 Å². The number of benzene rings is 1. The largest absolute Gasteiger partial charge is 0.508 e. The molecule has 6 heteroatoms. The van der Waals surface area contributed by atoms with E-state index in [-0.39, 0.29) is 12.4 Å². The van der Waals surface area contributed by atoms with Crippen LogP contribution >= 0.6 is 0 Å². The molecule has 0 aromatic heterocycles.